The van der Waals surface area contributed by atoms with Crippen molar-refractivity contribution >= 4 is 5.97 Å². The fraction of sp³-hybridized carbons (Fsp3) is 0.364. The van der Waals surface area contributed by atoms with E-state index in [9.17, 15) is 4.79 Å². The SMILES string of the molecule is CNCCc1ccccc1C(=O)OC. The van der Waals surface area contributed by atoms with Crippen LogP contribution in [0.5, 0.6) is 0 Å². The zero-order valence-electron chi connectivity index (χ0n) is 8.54. The minimum atomic E-state index is -0.267. The molecule has 0 saturated heterocycles. The lowest BCUT2D eigenvalue weighted by atomic mass is 10.0. The molecule has 1 N–H and O–H groups in total. The van der Waals surface area contributed by atoms with Crippen molar-refractivity contribution in [1.82, 2.24) is 5.32 Å². The third-order valence-corrected chi connectivity index (χ3v) is 2.07. The van der Waals surface area contributed by atoms with Crippen LogP contribution >= 0.6 is 0 Å². The Labute approximate surface area is 84.1 Å². The van der Waals surface area contributed by atoms with Crippen LogP contribution in [-0.2, 0) is 11.2 Å². The van der Waals surface area contributed by atoms with Gasteiger partial charge in [-0.3, -0.25) is 0 Å². The Bertz CT molecular complexity index is 310. The van der Waals surface area contributed by atoms with E-state index < -0.39 is 0 Å². The van der Waals surface area contributed by atoms with Gasteiger partial charge in [0.25, 0.3) is 0 Å². The number of hydrogen-bond acceptors (Lipinski definition) is 3. The first-order valence-electron chi connectivity index (χ1n) is 4.60. The van der Waals surface area contributed by atoms with Crippen molar-refractivity contribution in [3.63, 3.8) is 0 Å². The maximum Gasteiger partial charge on any atom is 0.338 e. The second kappa shape index (κ2) is 5.40. The molecule has 1 aromatic carbocycles. The zero-order valence-corrected chi connectivity index (χ0v) is 8.54. The topological polar surface area (TPSA) is 38.3 Å². The molecule has 0 unspecified atom stereocenters. The van der Waals surface area contributed by atoms with Crippen molar-refractivity contribution in [2.75, 3.05) is 20.7 Å². The molecule has 0 radical (unpaired) electrons. The lowest BCUT2D eigenvalue weighted by Crippen LogP contribution is -2.13. The number of likely N-dealkylation sites (N-methyl/N-ethyl adjacent to an activating group) is 1. The molecule has 0 atom stereocenters. The van der Waals surface area contributed by atoms with E-state index >= 15 is 0 Å². The summed E-state index contributed by atoms with van der Waals surface area (Å²) in [6, 6.07) is 7.51. The lowest BCUT2D eigenvalue weighted by molar-refractivity contribution is 0.0599. The lowest BCUT2D eigenvalue weighted by Gasteiger charge is -2.06. The Morgan fingerprint density at radius 2 is 2.14 bits per heavy atom. The van der Waals surface area contributed by atoms with E-state index in [0.29, 0.717) is 5.56 Å². The van der Waals surface area contributed by atoms with E-state index in [-0.39, 0.29) is 5.97 Å². The smallest absolute Gasteiger partial charge is 0.338 e. The first-order valence-corrected chi connectivity index (χ1v) is 4.60. The molecule has 0 aliphatic heterocycles. The number of nitrogens with one attached hydrogen (secondary N) is 1. The minimum Gasteiger partial charge on any atom is -0.465 e. The maximum absolute atomic E-state index is 11.4. The zero-order chi connectivity index (χ0) is 10.4. The van der Waals surface area contributed by atoms with E-state index in [0.717, 1.165) is 18.5 Å². The largest absolute Gasteiger partial charge is 0.465 e. The molecule has 0 bridgehead atoms. The summed E-state index contributed by atoms with van der Waals surface area (Å²) in [6.45, 7) is 0.855. The Morgan fingerprint density at radius 1 is 1.43 bits per heavy atom. The Morgan fingerprint density at radius 3 is 2.79 bits per heavy atom. The second-order valence-electron chi connectivity index (χ2n) is 3.00. The summed E-state index contributed by atoms with van der Waals surface area (Å²) in [5, 5.41) is 3.05. The van der Waals surface area contributed by atoms with Crippen LogP contribution in [0.1, 0.15) is 15.9 Å². The van der Waals surface area contributed by atoms with E-state index in [4.69, 9.17) is 4.74 Å². The fourth-order valence-electron chi connectivity index (χ4n) is 1.31. The van der Waals surface area contributed by atoms with Gasteiger partial charge >= 0.3 is 5.97 Å². The van der Waals surface area contributed by atoms with Crippen LogP contribution in [0.25, 0.3) is 0 Å². The van der Waals surface area contributed by atoms with Crippen LogP contribution in [0.2, 0.25) is 0 Å². The number of hydrogen-bond donors (Lipinski definition) is 1. The van der Waals surface area contributed by atoms with Crippen molar-refractivity contribution in [3.05, 3.63) is 35.4 Å². The number of ether oxygens (including phenoxy) is 1. The summed E-state index contributed by atoms with van der Waals surface area (Å²) in [7, 11) is 3.29. The quantitative estimate of drug-likeness (QED) is 0.731. The number of methoxy groups -OCH3 is 1. The molecular formula is C11H15NO2. The normalized spacial score (nSPS) is 9.86. The number of carbonyl (C=O) groups is 1. The van der Waals surface area contributed by atoms with Crippen molar-refractivity contribution in [2.24, 2.45) is 0 Å². The number of rotatable bonds is 4. The van der Waals surface area contributed by atoms with Gasteiger partial charge in [-0.05, 0) is 31.6 Å². The molecule has 1 aromatic rings. The Balaban J connectivity index is 2.85. The molecule has 0 aromatic heterocycles. The predicted molar refractivity (Wildman–Crippen MR) is 55.4 cm³/mol. The molecule has 14 heavy (non-hydrogen) atoms. The van der Waals surface area contributed by atoms with Crippen LogP contribution in [0, 0.1) is 0 Å². The highest BCUT2D eigenvalue weighted by atomic mass is 16.5. The van der Waals surface area contributed by atoms with Gasteiger partial charge in [0.1, 0.15) is 0 Å². The molecule has 0 aliphatic carbocycles. The number of carbonyl (C=O) groups excluding carboxylic acids is 1. The van der Waals surface area contributed by atoms with Gasteiger partial charge in [0.05, 0.1) is 12.7 Å². The summed E-state index contributed by atoms with van der Waals surface area (Å²) in [4.78, 5) is 11.4. The molecule has 0 heterocycles. The van der Waals surface area contributed by atoms with Crippen LogP contribution in [-0.4, -0.2) is 26.7 Å². The average molecular weight is 193 g/mol. The van der Waals surface area contributed by atoms with Crippen molar-refractivity contribution in [3.8, 4) is 0 Å². The van der Waals surface area contributed by atoms with Crippen LogP contribution < -0.4 is 5.32 Å². The number of benzene rings is 1. The fourth-order valence-corrected chi connectivity index (χ4v) is 1.31. The second-order valence-corrected chi connectivity index (χ2v) is 3.00. The van der Waals surface area contributed by atoms with Gasteiger partial charge in [0, 0.05) is 0 Å². The van der Waals surface area contributed by atoms with Gasteiger partial charge in [-0.25, -0.2) is 4.79 Å². The summed E-state index contributed by atoms with van der Waals surface area (Å²) in [5.74, 6) is -0.267. The predicted octanol–water partition coefficient (Wildman–Crippen LogP) is 1.24. The first kappa shape index (κ1) is 10.7. The highest BCUT2D eigenvalue weighted by molar-refractivity contribution is 5.90. The van der Waals surface area contributed by atoms with Crippen molar-refractivity contribution in [2.45, 2.75) is 6.42 Å². The summed E-state index contributed by atoms with van der Waals surface area (Å²) >= 11 is 0. The highest BCUT2D eigenvalue weighted by Crippen LogP contribution is 2.10. The van der Waals surface area contributed by atoms with Crippen LogP contribution in [0.3, 0.4) is 0 Å². The van der Waals surface area contributed by atoms with E-state index in [1.165, 1.54) is 7.11 Å². The van der Waals surface area contributed by atoms with Crippen LogP contribution in [0.4, 0.5) is 0 Å². The van der Waals surface area contributed by atoms with Crippen molar-refractivity contribution in [1.29, 1.82) is 0 Å². The van der Waals surface area contributed by atoms with Gasteiger partial charge in [-0.2, -0.15) is 0 Å². The van der Waals surface area contributed by atoms with Gasteiger partial charge in [0.15, 0.2) is 0 Å². The minimum absolute atomic E-state index is 0.267. The van der Waals surface area contributed by atoms with E-state index in [1.54, 1.807) is 6.07 Å². The standard InChI is InChI=1S/C11H15NO2/c1-12-8-7-9-5-3-4-6-10(9)11(13)14-2/h3-6,12H,7-8H2,1-2H3. The molecule has 0 fully saturated rings. The summed E-state index contributed by atoms with van der Waals surface area (Å²) in [5.41, 5.74) is 1.68. The van der Waals surface area contributed by atoms with Gasteiger partial charge in [0.2, 0.25) is 0 Å². The molecule has 0 spiro atoms. The van der Waals surface area contributed by atoms with Gasteiger partial charge in [-0.1, -0.05) is 18.2 Å². The number of esters is 1. The molecule has 1 rings (SSSR count). The molecule has 76 valence electrons. The third-order valence-electron chi connectivity index (χ3n) is 2.07. The Hall–Kier alpha value is -1.35. The molecule has 0 amide bonds. The monoisotopic (exact) mass is 193 g/mol. The maximum atomic E-state index is 11.4. The van der Waals surface area contributed by atoms with E-state index in [1.807, 2.05) is 25.2 Å². The first-order chi connectivity index (χ1) is 6.79. The Kier molecular flexibility index (Phi) is 4.13. The summed E-state index contributed by atoms with van der Waals surface area (Å²) in [6.07, 6.45) is 0.835. The van der Waals surface area contributed by atoms with Crippen LogP contribution in [0.15, 0.2) is 24.3 Å². The third kappa shape index (κ3) is 2.57. The molecule has 0 aliphatic rings. The van der Waals surface area contributed by atoms with Gasteiger partial charge in [-0.15, -0.1) is 0 Å². The van der Waals surface area contributed by atoms with Gasteiger partial charge < -0.3 is 10.1 Å². The molecule has 3 nitrogen and oxygen atoms in total. The van der Waals surface area contributed by atoms with E-state index in [2.05, 4.69) is 5.32 Å². The average Bonchev–Trinajstić information content (AvgIpc) is 2.25. The molecular weight excluding hydrogens is 178 g/mol. The molecule has 3 heteroatoms. The summed E-state index contributed by atoms with van der Waals surface area (Å²) < 4.78 is 4.70. The molecule has 0 saturated carbocycles. The highest BCUT2D eigenvalue weighted by Gasteiger charge is 2.09. The van der Waals surface area contributed by atoms with Crippen molar-refractivity contribution < 1.29 is 9.53 Å².